The highest BCUT2D eigenvalue weighted by Crippen LogP contribution is 2.37. The molecule has 5 rings (SSSR count). The van der Waals surface area contributed by atoms with Gasteiger partial charge in [-0.15, -0.1) is 0 Å². The van der Waals surface area contributed by atoms with Gasteiger partial charge in [0, 0.05) is 30.8 Å². The van der Waals surface area contributed by atoms with E-state index >= 15 is 0 Å². The normalized spacial score (nSPS) is 21.6. The minimum atomic E-state index is -0.400. The molecule has 0 bridgehead atoms. The lowest BCUT2D eigenvalue weighted by Gasteiger charge is -2.24. The Kier molecular flexibility index (Phi) is 4.61. The first kappa shape index (κ1) is 18.0. The van der Waals surface area contributed by atoms with E-state index in [0.717, 1.165) is 24.3 Å². The Morgan fingerprint density at radius 3 is 2.79 bits per heavy atom. The Hall–Kier alpha value is -3.03. The SMILES string of the molecule is O=C(Nc1ccnn1C1CCCCC1)C1CC(=O)N(c2ccc3c(c2)OCO3)C1. The van der Waals surface area contributed by atoms with E-state index in [1.165, 1.54) is 19.3 Å². The lowest BCUT2D eigenvalue weighted by molar-refractivity contribution is -0.122. The number of benzene rings is 1. The number of ether oxygens (including phenoxy) is 2. The van der Waals surface area contributed by atoms with Crippen LogP contribution in [0.25, 0.3) is 0 Å². The average Bonchev–Trinajstić information content (AvgIpc) is 3.47. The summed E-state index contributed by atoms with van der Waals surface area (Å²) >= 11 is 0. The monoisotopic (exact) mass is 396 g/mol. The molecular formula is C21H24N4O4. The Balaban J connectivity index is 1.27. The fourth-order valence-electron chi connectivity index (χ4n) is 4.44. The minimum absolute atomic E-state index is 0.0650. The summed E-state index contributed by atoms with van der Waals surface area (Å²) in [6, 6.07) is 7.58. The number of nitrogens with one attached hydrogen (secondary N) is 1. The molecule has 0 spiro atoms. The summed E-state index contributed by atoms with van der Waals surface area (Å²) in [5.41, 5.74) is 0.724. The third-order valence-electron chi connectivity index (χ3n) is 6.01. The van der Waals surface area contributed by atoms with Crippen molar-refractivity contribution in [3.8, 4) is 11.5 Å². The summed E-state index contributed by atoms with van der Waals surface area (Å²) in [5, 5.41) is 7.43. The van der Waals surface area contributed by atoms with Gasteiger partial charge in [-0.2, -0.15) is 5.10 Å². The summed E-state index contributed by atoms with van der Waals surface area (Å²) in [5.74, 6) is 1.41. The highest BCUT2D eigenvalue weighted by atomic mass is 16.7. The highest BCUT2D eigenvalue weighted by Gasteiger charge is 2.36. The number of carbonyl (C=O) groups excluding carboxylic acids is 2. The van der Waals surface area contributed by atoms with E-state index in [2.05, 4.69) is 10.4 Å². The maximum Gasteiger partial charge on any atom is 0.231 e. The minimum Gasteiger partial charge on any atom is -0.454 e. The first-order valence-electron chi connectivity index (χ1n) is 10.2. The van der Waals surface area contributed by atoms with Crippen LogP contribution in [0.15, 0.2) is 30.5 Å². The van der Waals surface area contributed by atoms with Crippen LogP contribution in [-0.4, -0.2) is 34.9 Å². The molecule has 1 saturated carbocycles. The number of hydrogen-bond acceptors (Lipinski definition) is 5. The number of amides is 2. The molecule has 1 aliphatic carbocycles. The summed E-state index contributed by atoms with van der Waals surface area (Å²) in [6.07, 6.45) is 7.74. The molecule has 1 unspecified atom stereocenters. The van der Waals surface area contributed by atoms with Crippen molar-refractivity contribution in [2.45, 2.75) is 44.6 Å². The first-order chi connectivity index (χ1) is 14.2. The summed E-state index contributed by atoms with van der Waals surface area (Å²) in [4.78, 5) is 27.1. The first-order valence-corrected chi connectivity index (χ1v) is 10.2. The second-order valence-electron chi connectivity index (χ2n) is 7.89. The Morgan fingerprint density at radius 1 is 1.10 bits per heavy atom. The largest absolute Gasteiger partial charge is 0.454 e. The van der Waals surface area contributed by atoms with Gasteiger partial charge < -0.3 is 19.7 Å². The fraction of sp³-hybridized carbons (Fsp3) is 0.476. The molecule has 152 valence electrons. The molecule has 1 aromatic carbocycles. The van der Waals surface area contributed by atoms with Crippen LogP contribution in [0, 0.1) is 5.92 Å². The van der Waals surface area contributed by atoms with E-state index in [1.807, 2.05) is 16.8 Å². The molecular weight excluding hydrogens is 372 g/mol. The highest BCUT2D eigenvalue weighted by molar-refractivity contribution is 6.03. The van der Waals surface area contributed by atoms with Crippen LogP contribution in [0.4, 0.5) is 11.5 Å². The molecule has 2 aliphatic heterocycles. The van der Waals surface area contributed by atoms with Gasteiger partial charge in [-0.1, -0.05) is 19.3 Å². The molecule has 2 fully saturated rings. The maximum atomic E-state index is 12.9. The van der Waals surface area contributed by atoms with Gasteiger partial charge in [0.15, 0.2) is 11.5 Å². The summed E-state index contributed by atoms with van der Waals surface area (Å²) in [7, 11) is 0. The number of anilines is 2. The fourth-order valence-corrected chi connectivity index (χ4v) is 4.44. The zero-order chi connectivity index (χ0) is 19.8. The molecule has 8 nitrogen and oxygen atoms in total. The number of nitrogens with zero attached hydrogens (tertiary/aromatic N) is 3. The second-order valence-corrected chi connectivity index (χ2v) is 7.89. The molecule has 8 heteroatoms. The molecule has 1 aromatic heterocycles. The van der Waals surface area contributed by atoms with Crippen LogP contribution in [-0.2, 0) is 9.59 Å². The van der Waals surface area contributed by atoms with Crippen molar-refractivity contribution < 1.29 is 19.1 Å². The maximum absolute atomic E-state index is 12.9. The van der Waals surface area contributed by atoms with E-state index in [4.69, 9.17) is 9.47 Å². The number of hydrogen-bond donors (Lipinski definition) is 1. The van der Waals surface area contributed by atoms with Crippen LogP contribution in [0.1, 0.15) is 44.6 Å². The zero-order valence-electron chi connectivity index (χ0n) is 16.2. The molecule has 0 radical (unpaired) electrons. The molecule has 1 N–H and O–H groups in total. The van der Waals surface area contributed by atoms with Gasteiger partial charge in [0.05, 0.1) is 18.2 Å². The predicted molar refractivity (Wildman–Crippen MR) is 106 cm³/mol. The third-order valence-corrected chi connectivity index (χ3v) is 6.01. The van der Waals surface area contributed by atoms with Crippen molar-refractivity contribution in [2.24, 2.45) is 5.92 Å². The van der Waals surface area contributed by atoms with Gasteiger partial charge in [-0.25, -0.2) is 4.68 Å². The molecule has 2 aromatic rings. The van der Waals surface area contributed by atoms with Crippen LogP contribution < -0.4 is 19.7 Å². The van der Waals surface area contributed by atoms with Crippen LogP contribution >= 0.6 is 0 Å². The van der Waals surface area contributed by atoms with E-state index < -0.39 is 5.92 Å². The van der Waals surface area contributed by atoms with E-state index in [9.17, 15) is 9.59 Å². The van der Waals surface area contributed by atoms with E-state index in [-0.39, 0.29) is 25.0 Å². The molecule has 1 atom stereocenters. The molecule has 3 aliphatic rings. The summed E-state index contributed by atoms with van der Waals surface area (Å²) in [6.45, 7) is 0.536. The van der Waals surface area contributed by atoms with Crippen LogP contribution in [0.3, 0.4) is 0 Å². The molecule has 29 heavy (non-hydrogen) atoms. The van der Waals surface area contributed by atoms with Gasteiger partial charge in [-0.05, 0) is 25.0 Å². The van der Waals surface area contributed by atoms with E-state index in [0.29, 0.717) is 24.1 Å². The lowest BCUT2D eigenvalue weighted by atomic mass is 9.96. The third kappa shape index (κ3) is 3.43. The predicted octanol–water partition coefficient (Wildman–Crippen LogP) is 3.11. The zero-order valence-corrected chi connectivity index (χ0v) is 16.2. The van der Waals surface area contributed by atoms with Crippen molar-refractivity contribution in [2.75, 3.05) is 23.6 Å². The van der Waals surface area contributed by atoms with Crippen LogP contribution in [0.2, 0.25) is 0 Å². The molecule has 3 heterocycles. The average molecular weight is 396 g/mol. The number of fused-ring (bicyclic) bond motifs is 1. The van der Waals surface area contributed by atoms with Gasteiger partial charge in [0.1, 0.15) is 5.82 Å². The van der Waals surface area contributed by atoms with Crippen molar-refractivity contribution in [1.82, 2.24) is 9.78 Å². The van der Waals surface area contributed by atoms with Crippen molar-refractivity contribution >= 4 is 23.3 Å². The number of rotatable bonds is 4. The van der Waals surface area contributed by atoms with E-state index in [1.54, 1.807) is 23.2 Å². The molecule has 2 amide bonds. The van der Waals surface area contributed by atoms with Gasteiger partial charge in [0.25, 0.3) is 0 Å². The summed E-state index contributed by atoms with van der Waals surface area (Å²) < 4.78 is 12.7. The lowest BCUT2D eigenvalue weighted by Crippen LogP contribution is -2.29. The Bertz CT molecular complexity index is 935. The Labute approximate surface area is 168 Å². The smallest absolute Gasteiger partial charge is 0.231 e. The van der Waals surface area contributed by atoms with Crippen LogP contribution in [0.5, 0.6) is 11.5 Å². The van der Waals surface area contributed by atoms with Gasteiger partial charge in [-0.3, -0.25) is 9.59 Å². The quantitative estimate of drug-likeness (QED) is 0.858. The van der Waals surface area contributed by atoms with Crippen molar-refractivity contribution in [3.63, 3.8) is 0 Å². The topological polar surface area (TPSA) is 85.7 Å². The molecule has 1 saturated heterocycles. The van der Waals surface area contributed by atoms with Crippen molar-refractivity contribution in [3.05, 3.63) is 30.5 Å². The van der Waals surface area contributed by atoms with Crippen molar-refractivity contribution in [1.29, 1.82) is 0 Å². The number of aromatic nitrogens is 2. The van der Waals surface area contributed by atoms with Gasteiger partial charge >= 0.3 is 0 Å². The second kappa shape index (κ2) is 7.42. The number of carbonyl (C=O) groups is 2. The van der Waals surface area contributed by atoms with Gasteiger partial charge in [0.2, 0.25) is 18.6 Å². The standard InChI is InChI=1S/C21H24N4O4/c26-20-10-14(12-24(20)16-6-7-17-18(11-16)29-13-28-17)21(27)23-19-8-9-22-25(19)15-4-2-1-3-5-15/h6-9,11,14-15H,1-5,10,12-13H2,(H,23,27). The Morgan fingerprint density at radius 2 is 1.93 bits per heavy atom.